The zero-order chi connectivity index (χ0) is 12.8. The Balaban J connectivity index is 2.82. The van der Waals surface area contributed by atoms with E-state index < -0.39 is 23.3 Å². The third-order valence-corrected chi connectivity index (χ3v) is 1.88. The first kappa shape index (κ1) is 12.9. The molecular formula is C12H11FO4. The van der Waals surface area contributed by atoms with Gasteiger partial charge < -0.3 is 9.84 Å². The third kappa shape index (κ3) is 3.71. The molecule has 0 atom stereocenters. The first-order valence-corrected chi connectivity index (χ1v) is 4.92. The fraction of sp³-hybridized carbons (Fsp3) is 0.167. The second kappa shape index (κ2) is 5.79. The summed E-state index contributed by atoms with van der Waals surface area (Å²) in [7, 11) is 0. The van der Waals surface area contributed by atoms with Gasteiger partial charge in [0.05, 0.1) is 6.61 Å². The van der Waals surface area contributed by atoms with Crippen molar-refractivity contribution in [2.24, 2.45) is 0 Å². The topological polar surface area (TPSA) is 63.6 Å². The maximum atomic E-state index is 12.6. The molecule has 1 rings (SSSR count). The smallest absolute Gasteiger partial charge is 0.379 e. The Morgan fingerprint density at radius 1 is 1.35 bits per heavy atom. The molecule has 0 spiro atoms. The van der Waals surface area contributed by atoms with Gasteiger partial charge >= 0.3 is 5.97 Å². The normalized spacial score (nSPS) is 11.1. The maximum Gasteiger partial charge on any atom is 0.379 e. The van der Waals surface area contributed by atoms with E-state index in [1.165, 1.54) is 12.1 Å². The summed E-state index contributed by atoms with van der Waals surface area (Å²) in [6.45, 7) is 1.64. The SMILES string of the molecule is CCOC(=O)C(=O)C=C(O)c1ccc(F)cc1. The van der Waals surface area contributed by atoms with E-state index in [2.05, 4.69) is 4.74 Å². The lowest BCUT2D eigenvalue weighted by molar-refractivity contribution is -0.151. The van der Waals surface area contributed by atoms with Crippen LogP contribution in [0.4, 0.5) is 4.39 Å². The summed E-state index contributed by atoms with van der Waals surface area (Å²) in [5.41, 5.74) is 0.240. The molecule has 90 valence electrons. The second-order valence-corrected chi connectivity index (χ2v) is 3.12. The molecule has 0 fully saturated rings. The highest BCUT2D eigenvalue weighted by Crippen LogP contribution is 2.11. The maximum absolute atomic E-state index is 12.6. The first-order valence-electron chi connectivity index (χ1n) is 4.92. The van der Waals surface area contributed by atoms with Crippen LogP contribution in [0.5, 0.6) is 0 Å². The van der Waals surface area contributed by atoms with Gasteiger partial charge in [0.2, 0.25) is 0 Å². The molecule has 1 aromatic carbocycles. The Bertz CT molecular complexity index is 448. The number of ether oxygens (including phenoxy) is 1. The van der Waals surface area contributed by atoms with Crippen molar-refractivity contribution < 1.29 is 23.8 Å². The summed E-state index contributed by atoms with van der Waals surface area (Å²) in [5.74, 6) is -2.88. The summed E-state index contributed by atoms with van der Waals surface area (Å²) in [5, 5.41) is 9.51. The van der Waals surface area contributed by atoms with Crippen molar-refractivity contribution in [3.05, 3.63) is 41.7 Å². The van der Waals surface area contributed by atoms with Crippen LogP contribution in [0.2, 0.25) is 0 Å². The zero-order valence-corrected chi connectivity index (χ0v) is 9.14. The minimum Gasteiger partial charge on any atom is -0.507 e. The van der Waals surface area contributed by atoms with E-state index in [4.69, 9.17) is 0 Å². The lowest BCUT2D eigenvalue weighted by Gasteiger charge is -2.00. The van der Waals surface area contributed by atoms with E-state index in [-0.39, 0.29) is 12.2 Å². The van der Waals surface area contributed by atoms with Crippen molar-refractivity contribution in [2.75, 3.05) is 6.61 Å². The largest absolute Gasteiger partial charge is 0.507 e. The molecule has 0 aromatic heterocycles. The van der Waals surface area contributed by atoms with Crippen LogP contribution < -0.4 is 0 Å². The summed E-state index contributed by atoms with van der Waals surface area (Å²) in [4.78, 5) is 22.2. The molecular weight excluding hydrogens is 227 g/mol. The van der Waals surface area contributed by atoms with Crippen LogP contribution in [-0.2, 0) is 14.3 Å². The summed E-state index contributed by atoms with van der Waals surface area (Å²) < 4.78 is 17.1. The average molecular weight is 238 g/mol. The highest BCUT2D eigenvalue weighted by atomic mass is 19.1. The van der Waals surface area contributed by atoms with Crippen molar-refractivity contribution in [3.8, 4) is 0 Å². The van der Waals surface area contributed by atoms with Gasteiger partial charge in [0.15, 0.2) is 0 Å². The predicted octanol–water partition coefficient (Wildman–Crippen LogP) is 1.86. The van der Waals surface area contributed by atoms with Gasteiger partial charge in [0, 0.05) is 11.6 Å². The Kier molecular flexibility index (Phi) is 4.39. The van der Waals surface area contributed by atoms with Crippen LogP contribution in [0.1, 0.15) is 12.5 Å². The number of halogens is 1. The molecule has 0 aliphatic heterocycles. The van der Waals surface area contributed by atoms with Gasteiger partial charge in [-0.1, -0.05) is 0 Å². The van der Waals surface area contributed by atoms with Crippen LogP contribution in [0.25, 0.3) is 5.76 Å². The number of esters is 1. The standard InChI is InChI=1S/C12H11FO4/c1-2-17-12(16)11(15)7-10(14)8-3-5-9(13)6-4-8/h3-7,14H,2H2,1H3. The molecule has 0 heterocycles. The lowest BCUT2D eigenvalue weighted by atomic mass is 10.1. The quantitative estimate of drug-likeness (QED) is 0.376. The van der Waals surface area contributed by atoms with Crippen LogP contribution in [0.3, 0.4) is 0 Å². The van der Waals surface area contributed by atoms with E-state index in [1.54, 1.807) is 6.92 Å². The number of rotatable bonds is 4. The number of benzene rings is 1. The molecule has 0 radical (unpaired) electrons. The molecule has 17 heavy (non-hydrogen) atoms. The molecule has 1 aromatic rings. The molecule has 5 heteroatoms. The molecule has 0 bridgehead atoms. The molecule has 0 saturated carbocycles. The molecule has 4 nitrogen and oxygen atoms in total. The minimum absolute atomic E-state index is 0.0791. The Labute approximate surface area is 97.3 Å². The molecule has 0 saturated heterocycles. The van der Waals surface area contributed by atoms with Gasteiger partial charge in [-0.3, -0.25) is 4.79 Å². The highest BCUT2D eigenvalue weighted by molar-refractivity contribution is 6.39. The number of aliphatic hydroxyl groups is 1. The Morgan fingerprint density at radius 2 is 1.94 bits per heavy atom. The van der Waals surface area contributed by atoms with Crippen molar-refractivity contribution in [2.45, 2.75) is 6.92 Å². The van der Waals surface area contributed by atoms with Crippen molar-refractivity contribution in [3.63, 3.8) is 0 Å². The molecule has 0 aliphatic rings. The van der Waals surface area contributed by atoms with Gasteiger partial charge in [-0.15, -0.1) is 0 Å². The van der Waals surface area contributed by atoms with E-state index in [1.807, 2.05) is 0 Å². The van der Waals surface area contributed by atoms with Gasteiger partial charge in [0.1, 0.15) is 11.6 Å². The summed E-state index contributed by atoms with van der Waals surface area (Å²) in [6, 6.07) is 4.85. The van der Waals surface area contributed by atoms with Crippen LogP contribution >= 0.6 is 0 Å². The highest BCUT2D eigenvalue weighted by Gasteiger charge is 2.13. The number of hydrogen-bond acceptors (Lipinski definition) is 4. The van der Waals surface area contributed by atoms with Crippen LogP contribution in [-0.4, -0.2) is 23.5 Å². The second-order valence-electron chi connectivity index (χ2n) is 3.12. The molecule has 1 N–H and O–H groups in total. The Hall–Kier alpha value is -2.17. The first-order chi connectivity index (χ1) is 8.04. The summed E-state index contributed by atoms with van der Waals surface area (Å²) in [6.07, 6.45) is 0.741. The van der Waals surface area contributed by atoms with Crippen LogP contribution in [0.15, 0.2) is 30.3 Å². The van der Waals surface area contributed by atoms with E-state index in [0.29, 0.717) is 0 Å². The lowest BCUT2D eigenvalue weighted by Crippen LogP contribution is -2.15. The fourth-order valence-corrected chi connectivity index (χ4v) is 1.09. The minimum atomic E-state index is -1.04. The Morgan fingerprint density at radius 3 is 2.47 bits per heavy atom. The van der Waals surface area contributed by atoms with E-state index >= 15 is 0 Å². The van der Waals surface area contributed by atoms with E-state index in [0.717, 1.165) is 18.2 Å². The summed E-state index contributed by atoms with van der Waals surface area (Å²) >= 11 is 0. The van der Waals surface area contributed by atoms with Crippen molar-refractivity contribution >= 4 is 17.5 Å². The van der Waals surface area contributed by atoms with Crippen molar-refractivity contribution in [1.29, 1.82) is 0 Å². The number of carbonyl (C=O) groups is 2. The van der Waals surface area contributed by atoms with Gasteiger partial charge in [-0.05, 0) is 31.2 Å². The average Bonchev–Trinajstić information content (AvgIpc) is 2.30. The van der Waals surface area contributed by atoms with Crippen molar-refractivity contribution in [1.82, 2.24) is 0 Å². The number of hydrogen-bond donors (Lipinski definition) is 1. The third-order valence-electron chi connectivity index (χ3n) is 1.88. The zero-order valence-electron chi connectivity index (χ0n) is 9.14. The molecule has 0 amide bonds. The van der Waals surface area contributed by atoms with Gasteiger partial charge in [0.25, 0.3) is 5.78 Å². The van der Waals surface area contributed by atoms with Crippen LogP contribution in [0, 0.1) is 5.82 Å². The fourth-order valence-electron chi connectivity index (χ4n) is 1.09. The monoisotopic (exact) mass is 238 g/mol. The van der Waals surface area contributed by atoms with Gasteiger partial charge in [-0.25, -0.2) is 9.18 Å². The molecule has 0 aliphatic carbocycles. The van der Waals surface area contributed by atoms with Gasteiger partial charge in [-0.2, -0.15) is 0 Å². The number of carbonyl (C=O) groups excluding carboxylic acids is 2. The predicted molar refractivity (Wildman–Crippen MR) is 58.6 cm³/mol. The number of aliphatic hydroxyl groups excluding tert-OH is 1. The van der Waals surface area contributed by atoms with E-state index in [9.17, 15) is 19.1 Å². The molecule has 0 unspecified atom stereocenters. The number of ketones is 1.